The van der Waals surface area contributed by atoms with Crippen molar-refractivity contribution in [1.29, 1.82) is 0 Å². The Bertz CT molecular complexity index is 680. The molecule has 0 saturated carbocycles. The van der Waals surface area contributed by atoms with Crippen molar-refractivity contribution in [1.82, 2.24) is 4.98 Å². The lowest BCUT2D eigenvalue weighted by Gasteiger charge is -2.09. The first-order chi connectivity index (χ1) is 8.38. The molecule has 0 aliphatic carbocycles. The lowest BCUT2D eigenvalue weighted by molar-refractivity contribution is 0.603. The molecule has 18 heavy (non-hydrogen) atoms. The summed E-state index contributed by atoms with van der Waals surface area (Å²) in [5.74, 6) is 0. The molecule has 0 fully saturated rings. The molecule has 0 aliphatic heterocycles. The number of nitrogens with zero attached hydrogens (tertiary/aromatic N) is 1. The number of sulfonamides is 1. The van der Waals surface area contributed by atoms with Crippen LogP contribution in [0.3, 0.4) is 0 Å². The minimum absolute atomic E-state index is 0.224. The number of hydrogen-bond donors (Lipinski definition) is 1. The Labute approximate surface area is 118 Å². The van der Waals surface area contributed by atoms with E-state index in [0.717, 1.165) is 26.4 Å². The number of nitrogens with one attached hydrogen (secondary N) is 1. The van der Waals surface area contributed by atoms with Crippen LogP contribution in [0.2, 0.25) is 0 Å². The van der Waals surface area contributed by atoms with Gasteiger partial charge in [0.1, 0.15) is 0 Å². The highest BCUT2D eigenvalue weighted by atomic mass is 79.9. The topological polar surface area (TPSA) is 59.1 Å². The summed E-state index contributed by atoms with van der Waals surface area (Å²) in [4.78, 5) is 3.95. The Kier molecular flexibility index (Phi) is 3.74. The van der Waals surface area contributed by atoms with Crippen molar-refractivity contribution in [3.63, 3.8) is 0 Å². The molecule has 0 atom stereocenters. The van der Waals surface area contributed by atoms with E-state index in [2.05, 4.69) is 25.6 Å². The predicted molar refractivity (Wildman–Crippen MR) is 76.5 cm³/mol. The highest BCUT2D eigenvalue weighted by Crippen LogP contribution is 2.25. The molecule has 7 heteroatoms. The van der Waals surface area contributed by atoms with Crippen molar-refractivity contribution < 1.29 is 8.42 Å². The second kappa shape index (κ2) is 4.99. The quantitative estimate of drug-likeness (QED) is 0.927. The van der Waals surface area contributed by atoms with Gasteiger partial charge in [0.05, 0.1) is 16.9 Å². The van der Waals surface area contributed by atoms with Crippen LogP contribution < -0.4 is 4.72 Å². The first kappa shape index (κ1) is 13.5. The molecule has 0 saturated heterocycles. The van der Waals surface area contributed by atoms with Crippen molar-refractivity contribution in [2.75, 3.05) is 4.72 Å². The molecular weight excluding hydrogens is 336 g/mol. The summed E-state index contributed by atoms with van der Waals surface area (Å²) in [7, 11) is -3.54. The summed E-state index contributed by atoms with van der Waals surface area (Å²) in [6, 6.07) is 5.38. The zero-order chi connectivity index (χ0) is 13.3. The standard InChI is InChI=1S/C11H11BrN2O2S2/c1-7-5-9(12)3-4-10(7)14-18(15,16)11-6-13-8(2)17-11/h3-6,14H,1-2H3. The monoisotopic (exact) mass is 346 g/mol. The zero-order valence-corrected chi connectivity index (χ0v) is 13.0. The Morgan fingerprint density at radius 1 is 1.33 bits per heavy atom. The van der Waals surface area contributed by atoms with Gasteiger partial charge in [0.15, 0.2) is 4.21 Å². The van der Waals surface area contributed by atoms with Crippen molar-refractivity contribution >= 4 is 43.0 Å². The summed E-state index contributed by atoms with van der Waals surface area (Å²) in [6.07, 6.45) is 1.37. The van der Waals surface area contributed by atoms with E-state index in [-0.39, 0.29) is 4.21 Å². The smallest absolute Gasteiger partial charge is 0.273 e. The van der Waals surface area contributed by atoms with E-state index in [4.69, 9.17) is 0 Å². The van der Waals surface area contributed by atoms with Crippen LogP contribution >= 0.6 is 27.3 Å². The molecule has 2 rings (SSSR count). The van der Waals surface area contributed by atoms with Crippen molar-refractivity contribution in [2.24, 2.45) is 0 Å². The minimum Gasteiger partial charge on any atom is -0.279 e. The van der Waals surface area contributed by atoms with Crippen LogP contribution in [0.4, 0.5) is 5.69 Å². The highest BCUT2D eigenvalue weighted by Gasteiger charge is 2.17. The van der Waals surface area contributed by atoms with Gasteiger partial charge < -0.3 is 0 Å². The average molecular weight is 347 g/mol. The molecule has 0 bridgehead atoms. The third-order valence-electron chi connectivity index (χ3n) is 2.30. The Morgan fingerprint density at radius 2 is 2.06 bits per heavy atom. The van der Waals surface area contributed by atoms with Crippen LogP contribution in [0, 0.1) is 13.8 Å². The van der Waals surface area contributed by atoms with Crippen LogP contribution in [-0.2, 0) is 10.0 Å². The van der Waals surface area contributed by atoms with Gasteiger partial charge in [0.25, 0.3) is 10.0 Å². The maximum Gasteiger partial charge on any atom is 0.273 e. The van der Waals surface area contributed by atoms with E-state index in [1.165, 1.54) is 6.20 Å². The normalized spacial score (nSPS) is 11.5. The number of hydrogen-bond acceptors (Lipinski definition) is 4. The molecule has 0 amide bonds. The van der Waals surface area contributed by atoms with Crippen molar-refractivity contribution in [3.8, 4) is 0 Å². The van der Waals surface area contributed by atoms with Gasteiger partial charge in [-0.25, -0.2) is 13.4 Å². The number of thiazole rings is 1. The highest BCUT2D eigenvalue weighted by molar-refractivity contribution is 9.10. The van der Waals surface area contributed by atoms with E-state index in [0.29, 0.717) is 5.69 Å². The minimum atomic E-state index is -3.54. The van der Waals surface area contributed by atoms with Gasteiger partial charge in [-0.1, -0.05) is 15.9 Å². The average Bonchev–Trinajstić information content (AvgIpc) is 2.70. The lowest BCUT2D eigenvalue weighted by Crippen LogP contribution is -2.12. The number of anilines is 1. The van der Waals surface area contributed by atoms with Gasteiger partial charge in [-0.15, -0.1) is 11.3 Å². The zero-order valence-electron chi connectivity index (χ0n) is 9.77. The lowest BCUT2D eigenvalue weighted by atomic mass is 10.2. The van der Waals surface area contributed by atoms with Crippen LogP contribution in [0.15, 0.2) is 33.1 Å². The van der Waals surface area contributed by atoms with E-state index in [1.807, 2.05) is 13.0 Å². The second-order valence-corrected chi connectivity index (χ2v) is 7.82. The summed E-state index contributed by atoms with van der Waals surface area (Å²) in [5, 5.41) is 0.725. The molecule has 1 aromatic heterocycles. The molecule has 0 spiro atoms. The summed E-state index contributed by atoms with van der Waals surface area (Å²) >= 11 is 4.49. The Hall–Kier alpha value is -0.920. The molecule has 1 N–H and O–H groups in total. The fourth-order valence-corrected chi connectivity index (χ4v) is 4.12. The number of benzene rings is 1. The van der Waals surface area contributed by atoms with Gasteiger partial charge in [-0.05, 0) is 37.6 Å². The first-order valence-electron chi connectivity index (χ1n) is 5.10. The van der Waals surface area contributed by atoms with Gasteiger partial charge in [0, 0.05) is 4.47 Å². The molecule has 4 nitrogen and oxygen atoms in total. The SMILES string of the molecule is Cc1ncc(S(=O)(=O)Nc2ccc(Br)cc2C)s1. The van der Waals surface area contributed by atoms with Gasteiger partial charge in [0.2, 0.25) is 0 Å². The van der Waals surface area contributed by atoms with Gasteiger partial charge in [-0.2, -0.15) is 0 Å². The largest absolute Gasteiger partial charge is 0.279 e. The fraction of sp³-hybridized carbons (Fsp3) is 0.182. The van der Waals surface area contributed by atoms with Crippen LogP contribution in [0.5, 0.6) is 0 Å². The summed E-state index contributed by atoms with van der Waals surface area (Å²) in [6.45, 7) is 3.62. The number of rotatable bonds is 3. The molecular formula is C11H11BrN2O2S2. The third kappa shape index (κ3) is 2.90. The molecule has 2 aromatic rings. The van der Waals surface area contributed by atoms with Crippen molar-refractivity contribution in [3.05, 3.63) is 39.4 Å². The van der Waals surface area contributed by atoms with E-state index in [9.17, 15) is 8.42 Å². The fourth-order valence-electron chi connectivity index (χ4n) is 1.40. The molecule has 96 valence electrons. The van der Waals surface area contributed by atoms with Gasteiger partial charge in [-0.3, -0.25) is 4.72 Å². The molecule has 1 aromatic carbocycles. The van der Waals surface area contributed by atoms with Crippen molar-refractivity contribution in [2.45, 2.75) is 18.1 Å². The van der Waals surface area contributed by atoms with Crippen LogP contribution in [0.25, 0.3) is 0 Å². The summed E-state index contributed by atoms with van der Waals surface area (Å²) in [5.41, 5.74) is 1.43. The van der Waals surface area contributed by atoms with Crippen LogP contribution in [0.1, 0.15) is 10.6 Å². The maximum atomic E-state index is 12.1. The Balaban J connectivity index is 2.33. The Morgan fingerprint density at radius 3 is 2.61 bits per heavy atom. The van der Waals surface area contributed by atoms with Gasteiger partial charge >= 0.3 is 0 Å². The van der Waals surface area contributed by atoms with E-state index < -0.39 is 10.0 Å². The predicted octanol–water partition coefficient (Wildman–Crippen LogP) is 3.32. The first-order valence-corrected chi connectivity index (χ1v) is 8.19. The molecule has 1 heterocycles. The molecule has 0 unspecified atom stereocenters. The third-order valence-corrected chi connectivity index (χ3v) is 5.53. The number of halogens is 1. The number of aryl methyl sites for hydroxylation is 2. The molecule has 0 aliphatic rings. The second-order valence-electron chi connectivity index (χ2n) is 3.76. The van der Waals surface area contributed by atoms with Crippen LogP contribution in [-0.4, -0.2) is 13.4 Å². The summed E-state index contributed by atoms with van der Waals surface area (Å²) < 4.78 is 27.9. The molecule has 0 radical (unpaired) electrons. The maximum absolute atomic E-state index is 12.1. The van der Waals surface area contributed by atoms with E-state index in [1.54, 1.807) is 19.1 Å². The van der Waals surface area contributed by atoms with E-state index >= 15 is 0 Å². The number of aromatic nitrogens is 1.